The number of halogens is 1. The quantitative estimate of drug-likeness (QED) is 0.463. The minimum absolute atomic E-state index is 0.0595. The number of ether oxygens (including phenoxy) is 2. The smallest absolute Gasteiger partial charge is 0.255 e. The van der Waals surface area contributed by atoms with Gasteiger partial charge < -0.3 is 9.47 Å². The molecular weight excluding hydrogens is 367 g/mol. The molecule has 2 fully saturated rings. The second kappa shape index (κ2) is 8.78. The van der Waals surface area contributed by atoms with Gasteiger partial charge in [-0.1, -0.05) is 25.3 Å². The van der Waals surface area contributed by atoms with Crippen LogP contribution >= 0.6 is 0 Å². The fraction of sp³-hybridized carbons (Fsp3) is 0.583. The number of aromatic nitrogens is 2. The molecule has 156 valence electrons. The highest BCUT2D eigenvalue weighted by Gasteiger charge is 2.48. The molecule has 1 saturated heterocycles. The number of rotatable bonds is 7. The number of pyridine rings is 2. The largest absolute Gasteiger partial charge is 0.492 e. The second-order valence-electron chi connectivity index (χ2n) is 8.70. The number of hydrogen-bond acceptors (Lipinski definition) is 4. The summed E-state index contributed by atoms with van der Waals surface area (Å²) >= 11 is 0. The van der Waals surface area contributed by atoms with Crippen LogP contribution in [-0.2, 0) is 16.6 Å². The van der Waals surface area contributed by atoms with E-state index >= 15 is 0 Å². The van der Waals surface area contributed by atoms with Crippen LogP contribution < -0.4 is 4.74 Å². The summed E-state index contributed by atoms with van der Waals surface area (Å²) < 4.78 is 24.9. The Labute approximate surface area is 172 Å². The van der Waals surface area contributed by atoms with Crippen molar-refractivity contribution in [3.05, 3.63) is 53.9 Å². The molecule has 1 atom stereocenters. The third kappa shape index (κ3) is 4.45. The first-order chi connectivity index (χ1) is 14.1. The molecular formula is C24H31FN2O2. The number of hydrogen-bond donors (Lipinski definition) is 0. The summed E-state index contributed by atoms with van der Waals surface area (Å²) in [6.45, 7) is 0.829. The van der Waals surface area contributed by atoms with Crippen LogP contribution in [0.25, 0.3) is 0 Å². The van der Waals surface area contributed by atoms with E-state index in [0.29, 0.717) is 0 Å². The second-order valence-corrected chi connectivity index (χ2v) is 8.70. The van der Waals surface area contributed by atoms with Crippen molar-refractivity contribution in [1.29, 1.82) is 0 Å². The Hall–Kier alpha value is -2.01. The van der Waals surface area contributed by atoms with E-state index in [1.165, 1.54) is 38.5 Å². The molecule has 2 aromatic rings. The van der Waals surface area contributed by atoms with E-state index in [1.807, 2.05) is 12.3 Å². The van der Waals surface area contributed by atoms with Crippen LogP contribution in [0.4, 0.5) is 4.39 Å². The van der Waals surface area contributed by atoms with Gasteiger partial charge >= 0.3 is 0 Å². The first-order valence-electron chi connectivity index (χ1n) is 10.9. The molecule has 2 aliphatic rings. The van der Waals surface area contributed by atoms with Crippen LogP contribution in [-0.4, -0.2) is 29.3 Å². The van der Waals surface area contributed by atoms with Crippen molar-refractivity contribution in [2.24, 2.45) is 0 Å². The van der Waals surface area contributed by atoms with Gasteiger partial charge in [-0.15, -0.1) is 0 Å². The zero-order valence-electron chi connectivity index (χ0n) is 17.3. The molecule has 1 aliphatic carbocycles. The zero-order valence-corrected chi connectivity index (χ0v) is 17.3. The molecule has 0 N–H and O–H groups in total. The molecule has 5 heteroatoms. The molecule has 1 saturated carbocycles. The van der Waals surface area contributed by atoms with E-state index in [0.717, 1.165) is 50.7 Å². The standard InChI is InChI=1S/C24H31FN2O2/c1-28-20-16-19(17-27-22(20)25)8-2-4-10-23(21-9-3-7-14-26-21)13-15-29-24(18-23)11-5-6-12-24/h3,7,9,14,16-17H,2,4-6,8,10-13,15,18H2,1H3. The van der Waals surface area contributed by atoms with Gasteiger partial charge in [0.25, 0.3) is 5.95 Å². The summed E-state index contributed by atoms with van der Waals surface area (Å²) in [6, 6.07) is 8.07. The summed E-state index contributed by atoms with van der Waals surface area (Å²) in [5.74, 6) is -0.325. The minimum atomic E-state index is -0.547. The third-order valence-electron chi connectivity index (χ3n) is 6.83. The van der Waals surface area contributed by atoms with Crippen molar-refractivity contribution in [2.45, 2.75) is 75.2 Å². The molecule has 1 unspecified atom stereocenters. The van der Waals surface area contributed by atoms with Gasteiger partial charge in [0, 0.05) is 30.1 Å². The summed E-state index contributed by atoms with van der Waals surface area (Å²) in [5.41, 5.74) is 2.40. The van der Waals surface area contributed by atoms with E-state index in [1.54, 1.807) is 12.3 Å². The monoisotopic (exact) mass is 398 g/mol. The maximum Gasteiger partial charge on any atom is 0.255 e. The van der Waals surface area contributed by atoms with Crippen LogP contribution in [0.5, 0.6) is 5.75 Å². The van der Waals surface area contributed by atoms with E-state index in [2.05, 4.69) is 17.1 Å². The lowest BCUT2D eigenvalue weighted by molar-refractivity contribution is -0.104. The summed E-state index contributed by atoms with van der Waals surface area (Å²) in [4.78, 5) is 8.58. The molecule has 3 heterocycles. The SMILES string of the molecule is COc1cc(CCCCC2(c3ccccn3)CCOC3(CCCC3)C2)cnc1F. The van der Waals surface area contributed by atoms with Gasteiger partial charge in [-0.3, -0.25) is 4.98 Å². The van der Waals surface area contributed by atoms with Crippen LogP contribution in [0.1, 0.15) is 69.0 Å². The van der Waals surface area contributed by atoms with Crippen LogP contribution in [0, 0.1) is 5.95 Å². The average Bonchev–Trinajstić information content (AvgIpc) is 3.20. The maximum absolute atomic E-state index is 13.5. The van der Waals surface area contributed by atoms with Crippen molar-refractivity contribution < 1.29 is 13.9 Å². The van der Waals surface area contributed by atoms with E-state index in [4.69, 9.17) is 14.5 Å². The Kier molecular flexibility index (Phi) is 6.14. The van der Waals surface area contributed by atoms with Gasteiger partial charge in [0.2, 0.25) is 0 Å². The molecule has 4 nitrogen and oxygen atoms in total. The van der Waals surface area contributed by atoms with Crippen molar-refractivity contribution in [3.8, 4) is 5.75 Å². The molecule has 29 heavy (non-hydrogen) atoms. The lowest BCUT2D eigenvalue weighted by atomic mass is 9.67. The van der Waals surface area contributed by atoms with Gasteiger partial charge in [0.1, 0.15) is 0 Å². The number of nitrogens with zero attached hydrogens (tertiary/aromatic N) is 2. The molecule has 4 rings (SSSR count). The Morgan fingerprint density at radius 2 is 2.00 bits per heavy atom. The van der Waals surface area contributed by atoms with Crippen molar-refractivity contribution >= 4 is 0 Å². The molecule has 0 aromatic carbocycles. The van der Waals surface area contributed by atoms with E-state index < -0.39 is 5.95 Å². The topological polar surface area (TPSA) is 44.2 Å². The highest BCUT2D eigenvalue weighted by molar-refractivity contribution is 5.25. The molecule has 0 bridgehead atoms. The molecule has 0 radical (unpaired) electrons. The Morgan fingerprint density at radius 3 is 2.76 bits per heavy atom. The van der Waals surface area contributed by atoms with Crippen LogP contribution in [0.15, 0.2) is 36.7 Å². The average molecular weight is 399 g/mol. The molecule has 1 spiro atoms. The number of unbranched alkanes of at least 4 members (excludes halogenated alkanes) is 1. The molecule has 1 aliphatic heterocycles. The summed E-state index contributed by atoms with van der Waals surface area (Å²) in [6.07, 6.45) is 14.7. The van der Waals surface area contributed by atoms with Gasteiger partial charge in [-0.25, -0.2) is 4.98 Å². The first kappa shape index (κ1) is 20.3. The van der Waals surface area contributed by atoms with Gasteiger partial charge in [0.15, 0.2) is 5.75 Å². The first-order valence-corrected chi connectivity index (χ1v) is 10.9. The van der Waals surface area contributed by atoms with Crippen molar-refractivity contribution in [3.63, 3.8) is 0 Å². The van der Waals surface area contributed by atoms with Crippen LogP contribution in [0.2, 0.25) is 0 Å². The van der Waals surface area contributed by atoms with Crippen molar-refractivity contribution in [1.82, 2.24) is 9.97 Å². The van der Waals surface area contributed by atoms with E-state index in [-0.39, 0.29) is 16.8 Å². The van der Waals surface area contributed by atoms with E-state index in [9.17, 15) is 4.39 Å². The predicted octanol–water partition coefficient (Wildman–Crippen LogP) is 5.40. The Morgan fingerprint density at radius 1 is 1.14 bits per heavy atom. The van der Waals surface area contributed by atoms with Gasteiger partial charge in [-0.2, -0.15) is 4.39 Å². The fourth-order valence-corrected chi connectivity index (χ4v) is 5.34. The van der Waals surface area contributed by atoms with Crippen molar-refractivity contribution in [2.75, 3.05) is 13.7 Å². The minimum Gasteiger partial charge on any atom is -0.492 e. The maximum atomic E-state index is 13.5. The lowest BCUT2D eigenvalue weighted by Crippen LogP contribution is -2.46. The summed E-state index contributed by atoms with van der Waals surface area (Å²) in [5, 5.41) is 0. The van der Waals surface area contributed by atoms with Gasteiger partial charge in [-0.05, 0) is 68.7 Å². The Bertz CT molecular complexity index is 808. The normalized spacial score (nSPS) is 23.4. The predicted molar refractivity (Wildman–Crippen MR) is 111 cm³/mol. The summed E-state index contributed by atoms with van der Waals surface area (Å²) in [7, 11) is 1.48. The highest BCUT2D eigenvalue weighted by Crippen LogP contribution is 2.50. The third-order valence-corrected chi connectivity index (χ3v) is 6.83. The highest BCUT2D eigenvalue weighted by atomic mass is 19.1. The Balaban J connectivity index is 1.44. The number of methoxy groups -OCH3 is 1. The fourth-order valence-electron chi connectivity index (χ4n) is 5.34. The number of aryl methyl sites for hydroxylation is 1. The van der Waals surface area contributed by atoms with Crippen LogP contribution in [0.3, 0.4) is 0 Å². The lowest BCUT2D eigenvalue weighted by Gasteiger charge is -2.46. The zero-order chi connectivity index (χ0) is 20.2. The molecule has 2 aromatic heterocycles. The van der Waals surface area contributed by atoms with Gasteiger partial charge in [0.05, 0.1) is 12.7 Å². The molecule has 0 amide bonds.